The molecule has 1 heterocycles. The lowest BCUT2D eigenvalue weighted by Gasteiger charge is -2.21. The molecule has 2 rings (SSSR count). The number of anilines is 3. The summed E-state index contributed by atoms with van der Waals surface area (Å²) in [7, 11) is 1.65. The smallest absolute Gasteiger partial charge is 0.225 e. The molecule has 0 fully saturated rings. The first-order chi connectivity index (χ1) is 9.87. The molecule has 0 unspecified atom stereocenters. The molecule has 0 amide bonds. The van der Waals surface area contributed by atoms with E-state index in [0.717, 1.165) is 22.8 Å². The molecular formula is C16H22N4O. The van der Waals surface area contributed by atoms with Crippen LogP contribution >= 0.6 is 0 Å². The molecule has 0 spiro atoms. The number of rotatable bonds is 4. The van der Waals surface area contributed by atoms with E-state index >= 15 is 0 Å². The lowest BCUT2D eigenvalue weighted by molar-refractivity contribution is 0.415. The summed E-state index contributed by atoms with van der Waals surface area (Å²) in [4.78, 5) is 8.85. The fraction of sp³-hybridized carbons (Fsp3) is 0.375. The first kappa shape index (κ1) is 15.1. The van der Waals surface area contributed by atoms with Crippen molar-refractivity contribution in [3.63, 3.8) is 0 Å². The Balaban J connectivity index is 2.24. The molecule has 0 bridgehead atoms. The van der Waals surface area contributed by atoms with Gasteiger partial charge in [0.1, 0.15) is 11.6 Å². The number of nitrogens with zero attached hydrogens (tertiary/aromatic N) is 2. The van der Waals surface area contributed by atoms with Crippen LogP contribution in [0.4, 0.5) is 17.5 Å². The van der Waals surface area contributed by atoms with Gasteiger partial charge in [-0.3, -0.25) is 0 Å². The molecule has 112 valence electrons. The largest absolute Gasteiger partial charge is 0.497 e. The molecular weight excluding hydrogens is 264 g/mol. The first-order valence-corrected chi connectivity index (χ1v) is 6.90. The number of methoxy groups -OCH3 is 1. The maximum Gasteiger partial charge on any atom is 0.225 e. The van der Waals surface area contributed by atoms with Crippen molar-refractivity contribution in [2.75, 3.05) is 17.7 Å². The van der Waals surface area contributed by atoms with Crippen LogP contribution in [0.25, 0.3) is 0 Å². The summed E-state index contributed by atoms with van der Waals surface area (Å²) < 4.78 is 5.23. The van der Waals surface area contributed by atoms with Crippen LogP contribution in [-0.4, -0.2) is 22.6 Å². The summed E-state index contributed by atoms with van der Waals surface area (Å²) in [5.74, 6) is 2.20. The topological polar surface area (TPSA) is 59.1 Å². The molecule has 0 saturated carbocycles. The number of ether oxygens (including phenoxy) is 1. The van der Waals surface area contributed by atoms with Crippen molar-refractivity contribution in [2.24, 2.45) is 0 Å². The molecule has 0 aliphatic carbocycles. The summed E-state index contributed by atoms with van der Waals surface area (Å²) in [5.41, 5.74) is 1.83. The predicted molar refractivity (Wildman–Crippen MR) is 86.4 cm³/mol. The highest BCUT2D eigenvalue weighted by molar-refractivity contribution is 5.61. The second-order valence-electron chi connectivity index (χ2n) is 5.96. The monoisotopic (exact) mass is 286 g/mol. The highest BCUT2D eigenvalue weighted by Crippen LogP contribution is 2.23. The Labute approximate surface area is 125 Å². The molecule has 2 aromatic rings. The number of hydrogen-bond donors (Lipinski definition) is 2. The van der Waals surface area contributed by atoms with Gasteiger partial charge in [0.05, 0.1) is 7.11 Å². The summed E-state index contributed by atoms with van der Waals surface area (Å²) in [6.45, 7) is 8.20. The van der Waals surface area contributed by atoms with Crippen LogP contribution in [-0.2, 0) is 0 Å². The van der Waals surface area contributed by atoms with Gasteiger partial charge in [-0.2, -0.15) is 4.98 Å². The quantitative estimate of drug-likeness (QED) is 0.896. The third kappa shape index (κ3) is 4.34. The van der Waals surface area contributed by atoms with Gasteiger partial charge in [0, 0.05) is 29.1 Å². The second kappa shape index (κ2) is 5.99. The van der Waals surface area contributed by atoms with E-state index < -0.39 is 0 Å². The van der Waals surface area contributed by atoms with Crippen LogP contribution < -0.4 is 15.4 Å². The minimum Gasteiger partial charge on any atom is -0.497 e. The lowest BCUT2D eigenvalue weighted by Crippen LogP contribution is -2.27. The number of nitrogens with one attached hydrogen (secondary N) is 2. The van der Waals surface area contributed by atoms with Gasteiger partial charge in [-0.1, -0.05) is 6.07 Å². The Morgan fingerprint density at radius 1 is 1.19 bits per heavy atom. The molecule has 0 aliphatic heterocycles. The molecule has 2 N–H and O–H groups in total. The summed E-state index contributed by atoms with van der Waals surface area (Å²) in [5, 5.41) is 6.57. The number of aryl methyl sites for hydroxylation is 1. The molecule has 1 aromatic heterocycles. The number of benzene rings is 1. The SMILES string of the molecule is COc1cccc(Nc2nc(NC(C)(C)C)ncc2C)c1. The van der Waals surface area contributed by atoms with Crippen molar-refractivity contribution in [3.8, 4) is 5.75 Å². The zero-order valence-corrected chi connectivity index (χ0v) is 13.2. The van der Waals surface area contributed by atoms with Crippen LogP contribution in [0.15, 0.2) is 30.5 Å². The Hall–Kier alpha value is -2.30. The first-order valence-electron chi connectivity index (χ1n) is 6.90. The molecule has 1 aromatic carbocycles. The van der Waals surface area contributed by atoms with E-state index in [2.05, 4.69) is 41.4 Å². The average Bonchev–Trinajstić information content (AvgIpc) is 2.41. The molecule has 5 nitrogen and oxygen atoms in total. The summed E-state index contributed by atoms with van der Waals surface area (Å²) in [6.07, 6.45) is 1.81. The highest BCUT2D eigenvalue weighted by atomic mass is 16.5. The van der Waals surface area contributed by atoms with Gasteiger partial charge in [0.25, 0.3) is 0 Å². The zero-order chi connectivity index (χ0) is 15.5. The average molecular weight is 286 g/mol. The van der Waals surface area contributed by atoms with Crippen molar-refractivity contribution in [1.82, 2.24) is 9.97 Å². The fourth-order valence-electron chi connectivity index (χ4n) is 1.80. The van der Waals surface area contributed by atoms with Crippen molar-refractivity contribution >= 4 is 17.5 Å². The Morgan fingerprint density at radius 2 is 1.95 bits per heavy atom. The molecule has 0 radical (unpaired) electrons. The Morgan fingerprint density at radius 3 is 2.62 bits per heavy atom. The van der Waals surface area contributed by atoms with Gasteiger partial charge in [-0.15, -0.1) is 0 Å². The summed E-state index contributed by atoms with van der Waals surface area (Å²) >= 11 is 0. The van der Waals surface area contributed by atoms with Crippen molar-refractivity contribution in [1.29, 1.82) is 0 Å². The normalized spacial score (nSPS) is 11.1. The second-order valence-corrected chi connectivity index (χ2v) is 5.96. The highest BCUT2D eigenvalue weighted by Gasteiger charge is 2.12. The third-order valence-corrected chi connectivity index (χ3v) is 2.79. The number of aromatic nitrogens is 2. The predicted octanol–water partition coefficient (Wildman–Crippen LogP) is 3.75. The lowest BCUT2D eigenvalue weighted by atomic mass is 10.1. The van der Waals surface area contributed by atoms with E-state index in [1.165, 1.54) is 0 Å². The Kier molecular flexibility index (Phi) is 4.31. The fourth-order valence-corrected chi connectivity index (χ4v) is 1.80. The molecule has 0 saturated heterocycles. The van der Waals surface area contributed by atoms with E-state index in [1.54, 1.807) is 7.11 Å². The van der Waals surface area contributed by atoms with Crippen LogP contribution in [0.5, 0.6) is 5.75 Å². The van der Waals surface area contributed by atoms with Crippen LogP contribution in [0, 0.1) is 6.92 Å². The van der Waals surface area contributed by atoms with Crippen molar-refractivity contribution in [3.05, 3.63) is 36.0 Å². The molecule has 5 heteroatoms. The van der Waals surface area contributed by atoms with Crippen LogP contribution in [0.2, 0.25) is 0 Å². The summed E-state index contributed by atoms with van der Waals surface area (Å²) in [6, 6.07) is 7.75. The zero-order valence-electron chi connectivity index (χ0n) is 13.2. The maximum absolute atomic E-state index is 5.23. The number of hydrogen-bond acceptors (Lipinski definition) is 5. The van der Waals surface area contributed by atoms with Gasteiger partial charge in [-0.25, -0.2) is 4.98 Å². The van der Waals surface area contributed by atoms with Gasteiger partial charge >= 0.3 is 0 Å². The third-order valence-electron chi connectivity index (χ3n) is 2.79. The van der Waals surface area contributed by atoms with E-state index in [1.807, 2.05) is 37.4 Å². The van der Waals surface area contributed by atoms with E-state index in [4.69, 9.17) is 4.74 Å². The Bertz CT molecular complexity index is 620. The molecule has 0 atom stereocenters. The van der Waals surface area contributed by atoms with E-state index in [-0.39, 0.29) is 5.54 Å². The van der Waals surface area contributed by atoms with Gasteiger partial charge in [-0.05, 0) is 39.8 Å². The minimum absolute atomic E-state index is 0.0809. The van der Waals surface area contributed by atoms with Crippen molar-refractivity contribution in [2.45, 2.75) is 33.2 Å². The molecule has 21 heavy (non-hydrogen) atoms. The maximum atomic E-state index is 5.23. The van der Waals surface area contributed by atoms with Gasteiger partial charge in [0.2, 0.25) is 5.95 Å². The molecule has 0 aliphatic rings. The van der Waals surface area contributed by atoms with Crippen molar-refractivity contribution < 1.29 is 4.74 Å². The standard InChI is InChI=1S/C16H22N4O/c1-11-10-17-15(20-16(2,3)4)19-14(11)18-12-7-6-8-13(9-12)21-5/h6-10H,1-5H3,(H2,17,18,19,20). The van der Waals surface area contributed by atoms with E-state index in [0.29, 0.717) is 5.95 Å². The van der Waals surface area contributed by atoms with Gasteiger partial charge in [0.15, 0.2) is 0 Å². The minimum atomic E-state index is -0.0809. The van der Waals surface area contributed by atoms with Crippen LogP contribution in [0.3, 0.4) is 0 Å². The van der Waals surface area contributed by atoms with Gasteiger partial charge < -0.3 is 15.4 Å². The van der Waals surface area contributed by atoms with Crippen LogP contribution in [0.1, 0.15) is 26.3 Å². The van der Waals surface area contributed by atoms with E-state index in [9.17, 15) is 0 Å².